The second kappa shape index (κ2) is 6.23. The van der Waals surface area contributed by atoms with Gasteiger partial charge in [-0.15, -0.1) is 0 Å². The molecular formula is C14H20F3N. The third-order valence-corrected chi connectivity index (χ3v) is 3.16. The van der Waals surface area contributed by atoms with E-state index in [4.69, 9.17) is 0 Å². The Morgan fingerprint density at radius 3 is 2.44 bits per heavy atom. The third-order valence-electron chi connectivity index (χ3n) is 3.16. The first-order chi connectivity index (χ1) is 8.31. The zero-order chi connectivity index (χ0) is 13.8. The van der Waals surface area contributed by atoms with Gasteiger partial charge in [-0.3, -0.25) is 0 Å². The SMILES string of the molecule is CNC(CCC(F)(F)F)Cc1cc(C)ccc1C. The van der Waals surface area contributed by atoms with Gasteiger partial charge in [-0.05, 0) is 44.9 Å². The molecule has 0 aliphatic heterocycles. The van der Waals surface area contributed by atoms with E-state index in [0.717, 1.165) is 16.7 Å². The van der Waals surface area contributed by atoms with Crippen LogP contribution in [0.5, 0.6) is 0 Å². The molecule has 102 valence electrons. The van der Waals surface area contributed by atoms with Crippen LogP contribution in [0.15, 0.2) is 18.2 Å². The molecule has 0 radical (unpaired) electrons. The van der Waals surface area contributed by atoms with Gasteiger partial charge in [-0.1, -0.05) is 23.8 Å². The van der Waals surface area contributed by atoms with Crippen molar-refractivity contribution in [2.75, 3.05) is 7.05 Å². The fraction of sp³-hybridized carbons (Fsp3) is 0.571. The molecule has 4 heteroatoms. The van der Waals surface area contributed by atoms with Crippen LogP contribution < -0.4 is 5.32 Å². The molecule has 1 nitrogen and oxygen atoms in total. The number of alkyl halides is 3. The molecule has 0 saturated carbocycles. The highest BCUT2D eigenvalue weighted by Gasteiger charge is 2.28. The second-order valence-corrected chi connectivity index (χ2v) is 4.77. The number of aryl methyl sites for hydroxylation is 2. The average Bonchev–Trinajstić information content (AvgIpc) is 2.27. The summed E-state index contributed by atoms with van der Waals surface area (Å²) in [5, 5.41) is 2.97. The van der Waals surface area contributed by atoms with Crippen LogP contribution in [0.2, 0.25) is 0 Å². The van der Waals surface area contributed by atoms with Gasteiger partial charge in [0.15, 0.2) is 0 Å². The van der Waals surface area contributed by atoms with Crippen molar-refractivity contribution in [2.45, 2.75) is 45.3 Å². The van der Waals surface area contributed by atoms with Gasteiger partial charge in [0, 0.05) is 12.5 Å². The molecule has 18 heavy (non-hydrogen) atoms. The molecule has 1 atom stereocenters. The van der Waals surface area contributed by atoms with Gasteiger partial charge in [0.05, 0.1) is 0 Å². The molecule has 1 aromatic carbocycles. The van der Waals surface area contributed by atoms with Crippen molar-refractivity contribution in [3.8, 4) is 0 Å². The maximum atomic E-state index is 12.2. The van der Waals surface area contributed by atoms with Crippen molar-refractivity contribution in [2.24, 2.45) is 0 Å². The molecule has 1 rings (SSSR count). The van der Waals surface area contributed by atoms with Crippen LogP contribution in [-0.4, -0.2) is 19.3 Å². The number of halogens is 3. The molecule has 0 bridgehead atoms. The van der Waals surface area contributed by atoms with Gasteiger partial charge < -0.3 is 5.32 Å². The zero-order valence-electron chi connectivity index (χ0n) is 11.1. The summed E-state index contributed by atoms with van der Waals surface area (Å²) in [4.78, 5) is 0. The summed E-state index contributed by atoms with van der Waals surface area (Å²) in [5.41, 5.74) is 3.39. The van der Waals surface area contributed by atoms with Gasteiger partial charge in [0.2, 0.25) is 0 Å². The highest BCUT2D eigenvalue weighted by molar-refractivity contribution is 5.31. The van der Waals surface area contributed by atoms with Gasteiger partial charge >= 0.3 is 6.18 Å². The lowest BCUT2D eigenvalue weighted by atomic mass is 9.96. The Hall–Kier alpha value is -1.03. The summed E-state index contributed by atoms with van der Waals surface area (Å²) in [6.07, 6.45) is -4.05. The molecule has 0 aliphatic rings. The van der Waals surface area contributed by atoms with Crippen LogP contribution >= 0.6 is 0 Å². The largest absolute Gasteiger partial charge is 0.389 e. The van der Waals surface area contributed by atoms with E-state index in [9.17, 15) is 13.2 Å². The van der Waals surface area contributed by atoms with E-state index < -0.39 is 12.6 Å². The first kappa shape index (κ1) is 15.0. The maximum Gasteiger partial charge on any atom is 0.389 e. The molecule has 0 spiro atoms. The summed E-state index contributed by atoms with van der Waals surface area (Å²) in [5.74, 6) is 0. The smallest absolute Gasteiger partial charge is 0.317 e. The second-order valence-electron chi connectivity index (χ2n) is 4.77. The molecule has 1 N–H and O–H groups in total. The minimum Gasteiger partial charge on any atom is -0.317 e. The number of likely N-dealkylation sites (N-methyl/N-ethyl adjacent to an activating group) is 1. The van der Waals surface area contributed by atoms with E-state index in [0.29, 0.717) is 6.42 Å². The van der Waals surface area contributed by atoms with Crippen molar-refractivity contribution >= 4 is 0 Å². The number of hydrogen-bond donors (Lipinski definition) is 1. The first-order valence-electron chi connectivity index (χ1n) is 6.12. The lowest BCUT2D eigenvalue weighted by Crippen LogP contribution is -2.29. The number of nitrogens with one attached hydrogen (secondary N) is 1. The fourth-order valence-corrected chi connectivity index (χ4v) is 1.97. The number of benzene rings is 1. The topological polar surface area (TPSA) is 12.0 Å². The molecule has 0 aromatic heterocycles. The molecule has 0 aliphatic carbocycles. The number of rotatable bonds is 5. The lowest BCUT2D eigenvalue weighted by molar-refractivity contribution is -0.136. The van der Waals surface area contributed by atoms with E-state index in [1.807, 2.05) is 32.0 Å². The summed E-state index contributed by atoms with van der Waals surface area (Å²) in [7, 11) is 1.71. The average molecular weight is 259 g/mol. The Kier molecular flexibility index (Phi) is 5.20. The minimum absolute atomic E-state index is 0.118. The highest BCUT2D eigenvalue weighted by Crippen LogP contribution is 2.23. The van der Waals surface area contributed by atoms with Crippen LogP contribution in [0, 0.1) is 13.8 Å². The molecule has 1 unspecified atom stereocenters. The Balaban J connectivity index is 2.65. The van der Waals surface area contributed by atoms with Crippen LogP contribution in [-0.2, 0) is 6.42 Å². The normalized spacial score (nSPS) is 13.7. The maximum absolute atomic E-state index is 12.2. The van der Waals surface area contributed by atoms with Crippen molar-refractivity contribution in [1.29, 1.82) is 0 Å². The Labute approximate surface area is 106 Å². The van der Waals surface area contributed by atoms with E-state index in [2.05, 4.69) is 5.32 Å². The molecule has 0 amide bonds. The number of hydrogen-bond acceptors (Lipinski definition) is 1. The molecule has 0 saturated heterocycles. The van der Waals surface area contributed by atoms with E-state index in [-0.39, 0.29) is 12.5 Å². The van der Waals surface area contributed by atoms with Gasteiger partial charge in [-0.2, -0.15) is 13.2 Å². The fourth-order valence-electron chi connectivity index (χ4n) is 1.97. The van der Waals surface area contributed by atoms with Crippen molar-refractivity contribution in [1.82, 2.24) is 5.32 Å². The third kappa shape index (κ3) is 5.08. The van der Waals surface area contributed by atoms with Crippen LogP contribution in [0.3, 0.4) is 0 Å². The molecule has 0 heterocycles. The Bertz CT molecular complexity index is 385. The minimum atomic E-state index is -4.07. The lowest BCUT2D eigenvalue weighted by Gasteiger charge is -2.18. The zero-order valence-corrected chi connectivity index (χ0v) is 11.1. The Morgan fingerprint density at radius 2 is 1.89 bits per heavy atom. The van der Waals surface area contributed by atoms with E-state index in [1.54, 1.807) is 7.05 Å². The van der Waals surface area contributed by atoms with E-state index in [1.165, 1.54) is 0 Å². The standard InChI is InChI=1S/C14H20F3N/c1-10-4-5-11(2)12(8-10)9-13(18-3)6-7-14(15,16)17/h4-5,8,13,18H,6-7,9H2,1-3H3. The summed E-state index contributed by atoms with van der Waals surface area (Å²) in [6, 6.07) is 5.95. The van der Waals surface area contributed by atoms with Gasteiger partial charge in [0.25, 0.3) is 0 Å². The summed E-state index contributed by atoms with van der Waals surface area (Å²) in [6.45, 7) is 3.98. The van der Waals surface area contributed by atoms with Crippen LogP contribution in [0.25, 0.3) is 0 Å². The predicted octanol–water partition coefficient (Wildman–Crippen LogP) is 3.78. The molecule has 1 aromatic rings. The Morgan fingerprint density at radius 1 is 1.22 bits per heavy atom. The van der Waals surface area contributed by atoms with Crippen molar-refractivity contribution in [3.05, 3.63) is 34.9 Å². The van der Waals surface area contributed by atoms with Gasteiger partial charge in [-0.25, -0.2) is 0 Å². The highest BCUT2D eigenvalue weighted by atomic mass is 19.4. The van der Waals surface area contributed by atoms with E-state index >= 15 is 0 Å². The van der Waals surface area contributed by atoms with Crippen LogP contribution in [0.1, 0.15) is 29.5 Å². The predicted molar refractivity (Wildman–Crippen MR) is 67.8 cm³/mol. The monoisotopic (exact) mass is 259 g/mol. The van der Waals surface area contributed by atoms with Gasteiger partial charge in [0.1, 0.15) is 0 Å². The quantitative estimate of drug-likeness (QED) is 0.848. The van der Waals surface area contributed by atoms with Crippen LogP contribution in [0.4, 0.5) is 13.2 Å². The van der Waals surface area contributed by atoms with Crippen molar-refractivity contribution in [3.63, 3.8) is 0 Å². The molecule has 0 fully saturated rings. The first-order valence-corrected chi connectivity index (χ1v) is 6.12. The summed E-state index contributed by atoms with van der Waals surface area (Å²) >= 11 is 0. The van der Waals surface area contributed by atoms with Crippen molar-refractivity contribution < 1.29 is 13.2 Å². The molecular weight excluding hydrogens is 239 g/mol. The summed E-state index contributed by atoms with van der Waals surface area (Å²) < 4.78 is 36.6.